The van der Waals surface area contributed by atoms with Gasteiger partial charge < -0.3 is 5.11 Å². The summed E-state index contributed by atoms with van der Waals surface area (Å²) in [5, 5.41) is 10.3. The second-order valence-corrected chi connectivity index (χ2v) is 3.55. The minimum atomic E-state index is -0.902. The first-order valence-corrected chi connectivity index (χ1v) is 4.52. The first kappa shape index (κ1) is 10.0. The zero-order valence-electron chi connectivity index (χ0n) is 8.20. The smallest absolute Gasteiger partial charge is 0.110 e. The molecule has 0 fully saturated rings. The molecule has 13 heavy (non-hydrogen) atoms. The molecule has 1 rings (SSSR count). The average Bonchev–Trinajstić information content (AvgIpc) is 2.17. The number of rotatable bonds is 3. The van der Waals surface area contributed by atoms with Gasteiger partial charge >= 0.3 is 0 Å². The largest absolute Gasteiger partial charge is 0.381 e. The lowest BCUT2D eigenvalue weighted by atomic mass is 9.84. The number of hydrogen-bond acceptors (Lipinski definition) is 1. The van der Waals surface area contributed by atoms with Gasteiger partial charge in [-0.15, -0.1) is 0 Å². The first-order valence-electron chi connectivity index (χ1n) is 4.52. The Morgan fingerprint density at radius 1 is 1.31 bits per heavy atom. The van der Waals surface area contributed by atoms with Gasteiger partial charge in [-0.05, 0) is 11.5 Å². The van der Waals surface area contributed by atoms with E-state index < -0.39 is 5.60 Å². The van der Waals surface area contributed by atoms with E-state index in [-0.39, 0.29) is 5.92 Å². The molecule has 1 aromatic carbocycles. The Morgan fingerprint density at radius 3 is 2.23 bits per heavy atom. The molecule has 1 atom stereocenters. The van der Waals surface area contributed by atoms with Crippen LogP contribution in [0.1, 0.15) is 19.4 Å². The van der Waals surface area contributed by atoms with Crippen LogP contribution in [-0.2, 0) is 5.60 Å². The molecule has 0 aliphatic heterocycles. The van der Waals surface area contributed by atoms with Crippen LogP contribution in [0.5, 0.6) is 0 Å². The topological polar surface area (TPSA) is 20.2 Å². The Balaban J connectivity index is 3.10. The van der Waals surface area contributed by atoms with E-state index in [4.69, 9.17) is 0 Å². The maximum atomic E-state index is 10.3. The fourth-order valence-electron chi connectivity index (χ4n) is 1.39. The summed E-state index contributed by atoms with van der Waals surface area (Å²) in [4.78, 5) is 0. The third kappa shape index (κ3) is 1.81. The Morgan fingerprint density at radius 2 is 1.85 bits per heavy atom. The Hall–Kier alpha value is -1.08. The molecule has 0 spiro atoms. The molecule has 0 saturated heterocycles. The summed E-state index contributed by atoms with van der Waals surface area (Å²) < 4.78 is 0. The van der Waals surface area contributed by atoms with Crippen molar-refractivity contribution in [2.45, 2.75) is 19.4 Å². The normalized spacial score (nSPS) is 15.4. The Kier molecular flexibility index (Phi) is 2.89. The molecule has 0 aliphatic rings. The lowest BCUT2D eigenvalue weighted by Gasteiger charge is -2.29. The molecule has 0 bridgehead atoms. The highest BCUT2D eigenvalue weighted by Gasteiger charge is 2.28. The van der Waals surface area contributed by atoms with Gasteiger partial charge in [-0.1, -0.05) is 56.8 Å². The van der Waals surface area contributed by atoms with E-state index in [0.29, 0.717) is 0 Å². The summed E-state index contributed by atoms with van der Waals surface area (Å²) in [6.07, 6.45) is 1.60. The van der Waals surface area contributed by atoms with Gasteiger partial charge in [0.25, 0.3) is 0 Å². The number of hydrogen-bond donors (Lipinski definition) is 1. The van der Waals surface area contributed by atoms with Crippen LogP contribution in [0.3, 0.4) is 0 Å². The van der Waals surface area contributed by atoms with E-state index in [2.05, 4.69) is 6.58 Å². The molecule has 1 heteroatoms. The van der Waals surface area contributed by atoms with E-state index in [9.17, 15) is 5.11 Å². The zero-order chi connectivity index (χ0) is 9.90. The molecule has 1 aromatic rings. The van der Waals surface area contributed by atoms with Crippen LogP contribution in [-0.4, -0.2) is 5.11 Å². The monoisotopic (exact) mass is 176 g/mol. The molecule has 0 radical (unpaired) electrons. The van der Waals surface area contributed by atoms with Crippen molar-refractivity contribution in [3.8, 4) is 0 Å². The van der Waals surface area contributed by atoms with Gasteiger partial charge in [0.05, 0.1) is 0 Å². The van der Waals surface area contributed by atoms with Gasteiger partial charge in [0.15, 0.2) is 0 Å². The molecular weight excluding hydrogens is 160 g/mol. The van der Waals surface area contributed by atoms with Gasteiger partial charge in [0.1, 0.15) is 5.60 Å². The van der Waals surface area contributed by atoms with E-state index in [1.54, 1.807) is 6.08 Å². The lowest BCUT2D eigenvalue weighted by Crippen LogP contribution is -2.29. The second-order valence-electron chi connectivity index (χ2n) is 3.55. The van der Waals surface area contributed by atoms with Gasteiger partial charge in [0.2, 0.25) is 0 Å². The Labute approximate surface area is 79.7 Å². The van der Waals surface area contributed by atoms with Crippen LogP contribution in [0.15, 0.2) is 43.0 Å². The molecule has 0 heterocycles. The minimum Gasteiger partial charge on any atom is -0.381 e. The van der Waals surface area contributed by atoms with Crippen molar-refractivity contribution < 1.29 is 5.11 Å². The van der Waals surface area contributed by atoms with Crippen molar-refractivity contribution >= 4 is 0 Å². The molecule has 0 saturated carbocycles. The maximum absolute atomic E-state index is 10.3. The maximum Gasteiger partial charge on any atom is 0.110 e. The predicted octanol–water partition coefficient (Wildman–Crippen LogP) is 2.72. The summed E-state index contributed by atoms with van der Waals surface area (Å²) in [6.45, 7) is 7.64. The van der Waals surface area contributed by atoms with Crippen molar-refractivity contribution in [3.63, 3.8) is 0 Å². The van der Waals surface area contributed by atoms with E-state index in [1.165, 1.54) is 0 Å². The summed E-state index contributed by atoms with van der Waals surface area (Å²) in [5.41, 5.74) is 0.00125. The highest BCUT2D eigenvalue weighted by molar-refractivity contribution is 5.27. The van der Waals surface area contributed by atoms with Gasteiger partial charge in [-0.25, -0.2) is 0 Å². The highest BCUT2D eigenvalue weighted by Crippen LogP contribution is 2.30. The summed E-state index contributed by atoms with van der Waals surface area (Å²) in [7, 11) is 0. The van der Waals surface area contributed by atoms with Crippen molar-refractivity contribution in [1.29, 1.82) is 0 Å². The second kappa shape index (κ2) is 3.75. The third-order valence-electron chi connectivity index (χ3n) is 2.43. The van der Waals surface area contributed by atoms with Crippen LogP contribution >= 0.6 is 0 Å². The fraction of sp³-hybridized carbons (Fsp3) is 0.333. The quantitative estimate of drug-likeness (QED) is 0.702. The molecule has 0 amide bonds. The lowest BCUT2D eigenvalue weighted by molar-refractivity contribution is 0.0403. The van der Waals surface area contributed by atoms with Crippen LogP contribution < -0.4 is 0 Å². The van der Waals surface area contributed by atoms with Crippen molar-refractivity contribution in [1.82, 2.24) is 0 Å². The summed E-state index contributed by atoms with van der Waals surface area (Å²) in [6, 6.07) is 9.62. The number of aliphatic hydroxyl groups is 1. The number of benzene rings is 1. The van der Waals surface area contributed by atoms with Crippen LogP contribution in [0.4, 0.5) is 0 Å². The van der Waals surface area contributed by atoms with Crippen molar-refractivity contribution in [2.24, 2.45) is 5.92 Å². The Bertz CT molecular complexity index is 276. The van der Waals surface area contributed by atoms with E-state index in [0.717, 1.165) is 5.56 Å². The summed E-state index contributed by atoms with van der Waals surface area (Å²) >= 11 is 0. The predicted molar refractivity (Wildman–Crippen MR) is 55.4 cm³/mol. The average molecular weight is 176 g/mol. The van der Waals surface area contributed by atoms with Crippen LogP contribution in [0, 0.1) is 5.92 Å². The summed E-state index contributed by atoms with van der Waals surface area (Å²) in [5.74, 6) is 0.132. The highest BCUT2D eigenvalue weighted by atomic mass is 16.3. The third-order valence-corrected chi connectivity index (χ3v) is 2.43. The van der Waals surface area contributed by atoms with Crippen molar-refractivity contribution in [3.05, 3.63) is 48.6 Å². The molecular formula is C12H16O. The van der Waals surface area contributed by atoms with Crippen LogP contribution in [0.2, 0.25) is 0 Å². The first-order chi connectivity index (χ1) is 6.11. The zero-order valence-corrected chi connectivity index (χ0v) is 8.20. The van der Waals surface area contributed by atoms with Crippen LogP contribution in [0.25, 0.3) is 0 Å². The molecule has 1 nitrogen and oxygen atoms in total. The van der Waals surface area contributed by atoms with Crippen molar-refractivity contribution in [2.75, 3.05) is 0 Å². The molecule has 0 aromatic heterocycles. The standard InChI is InChI=1S/C12H16O/c1-4-12(13,10(2)3)11-8-6-5-7-9-11/h4-10,13H,1H2,2-3H3. The van der Waals surface area contributed by atoms with E-state index in [1.807, 2.05) is 44.2 Å². The van der Waals surface area contributed by atoms with Gasteiger partial charge in [0, 0.05) is 0 Å². The van der Waals surface area contributed by atoms with E-state index >= 15 is 0 Å². The molecule has 1 N–H and O–H groups in total. The van der Waals surface area contributed by atoms with Gasteiger partial charge in [-0.3, -0.25) is 0 Å². The minimum absolute atomic E-state index is 0.132. The fourth-order valence-corrected chi connectivity index (χ4v) is 1.39. The molecule has 1 unspecified atom stereocenters. The molecule has 70 valence electrons. The molecule has 0 aliphatic carbocycles. The van der Waals surface area contributed by atoms with Gasteiger partial charge in [-0.2, -0.15) is 0 Å². The SMILES string of the molecule is C=CC(O)(c1ccccc1)C(C)C.